The first-order chi connectivity index (χ1) is 12.9. The fourth-order valence-electron chi connectivity index (χ4n) is 3.37. The molecule has 8 heteroatoms. The summed E-state index contributed by atoms with van der Waals surface area (Å²) in [7, 11) is 3.84. The molecule has 1 aliphatic rings. The highest BCUT2D eigenvalue weighted by atomic mass is 16.2. The van der Waals surface area contributed by atoms with E-state index in [1.807, 2.05) is 48.8 Å². The van der Waals surface area contributed by atoms with Crippen LogP contribution in [0.2, 0.25) is 0 Å². The lowest BCUT2D eigenvalue weighted by molar-refractivity contribution is -0.123. The monoisotopic (exact) mass is 370 g/mol. The third kappa shape index (κ3) is 3.94. The Labute approximate surface area is 159 Å². The van der Waals surface area contributed by atoms with E-state index in [1.165, 1.54) is 0 Å². The first-order valence-corrected chi connectivity index (χ1v) is 9.22. The lowest BCUT2D eigenvalue weighted by atomic mass is 9.96. The van der Waals surface area contributed by atoms with Gasteiger partial charge < -0.3 is 15.5 Å². The molecule has 1 atom stereocenters. The van der Waals surface area contributed by atoms with Gasteiger partial charge in [0.25, 0.3) is 5.91 Å². The SMILES string of the molecule is CCn1nc(-c2cccc(C(=O)N3CCC[C@H](C(N)=O)C3)c2)nc1N(C)C. The van der Waals surface area contributed by atoms with Crippen LogP contribution in [0.15, 0.2) is 24.3 Å². The van der Waals surface area contributed by atoms with Crippen LogP contribution < -0.4 is 10.6 Å². The summed E-state index contributed by atoms with van der Waals surface area (Å²) in [6, 6.07) is 7.32. The van der Waals surface area contributed by atoms with E-state index in [9.17, 15) is 9.59 Å². The Bertz CT molecular complexity index is 844. The molecule has 0 bridgehead atoms. The van der Waals surface area contributed by atoms with Gasteiger partial charge in [-0.1, -0.05) is 12.1 Å². The van der Waals surface area contributed by atoms with Gasteiger partial charge in [0.1, 0.15) is 0 Å². The predicted octanol–water partition coefficient (Wildman–Crippen LogP) is 1.37. The molecule has 2 amide bonds. The van der Waals surface area contributed by atoms with E-state index >= 15 is 0 Å². The second-order valence-corrected chi connectivity index (χ2v) is 7.02. The molecule has 1 aromatic carbocycles. The van der Waals surface area contributed by atoms with E-state index in [-0.39, 0.29) is 17.7 Å². The van der Waals surface area contributed by atoms with Crippen molar-refractivity contribution in [3.8, 4) is 11.4 Å². The molecule has 8 nitrogen and oxygen atoms in total. The second-order valence-electron chi connectivity index (χ2n) is 7.02. The van der Waals surface area contributed by atoms with E-state index in [2.05, 4.69) is 10.1 Å². The number of rotatable bonds is 5. The number of piperidine rings is 1. The summed E-state index contributed by atoms with van der Waals surface area (Å²) in [4.78, 5) is 32.6. The van der Waals surface area contributed by atoms with Gasteiger partial charge in [-0.2, -0.15) is 4.98 Å². The van der Waals surface area contributed by atoms with Crippen molar-refractivity contribution >= 4 is 17.8 Å². The van der Waals surface area contributed by atoms with E-state index in [4.69, 9.17) is 5.73 Å². The molecule has 2 aromatic rings. The highest BCUT2D eigenvalue weighted by molar-refractivity contribution is 5.95. The fraction of sp³-hybridized carbons (Fsp3) is 0.474. The van der Waals surface area contributed by atoms with Crippen molar-refractivity contribution in [2.45, 2.75) is 26.3 Å². The summed E-state index contributed by atoms with van der Waals surface area (Å²) in [5.41, 5.74) is 6.78. The largest absolute Gasteiger partial charge is 0.369 e. The number of nitrogens with two attached hydrogens (primary N) is 1. The number of aromatic nitrogens is 3. The number of carbonyl (C=O) groups excluding carboxylic acids is 2. The summed E-state index contributed by atoms with van der Waals surface area (Å²) in [5.74, 6) is 0.654. The van der Waals surface area contributed by atoms with Gasteiger partial charge in [0, 0.05) is 44.9 Å². The standard InChI is InChI=1S/C19H26N6O2/c1-4-25-19(23(2)3)21-17(22-25)13-7-5-8-14(11-13)18(27)24-10-6-9-15(12-24)16(20)26/h5,7-8,11,15H,4,6,9-10,12H2,1-3H3,(H2,20,26)/t15-/m0/s1. The van der Waals surface area contributed by atoms with Crippen LogP contribution in [0.5, 0.6) is 0 Å². The number of nitrogens with zero attached hydrogens (tertiary/aromatic N) is 5. The molecule has 1 fully saturated rings. The van der Waals surface area contributed by atoms with Crippen LogP contribution in [0.1, 0.15) is 30.1 Å². The predicted molar refractivity (Wildman–Crippen MR) is 103 cm³/mol. The number of hydrogen-bond donors (Lipinski definition) is 1. The molecular weight excluding hydrogens is 344 g/mol. The summed E-state index contributed by atoms with van der Waals surface area (Å²) >= 11 is 0. The molecule has 144 valence electrons. The molecule has 0 radical (unpaired) electrons. The van der Waals surface area contributed by atoms with Crippen LogP contribution in [0.3, 0.4) is 0 Å². The number of carbonyl (C=O) groups is 2. The first kappa shape index (κ1) is 18.9. The van der Waals surface area contributed by atoms with Gasteiger partial charge in [-0.25, -0.2) is 4.68 Å². The highest BCUT2D eigenvalue weighted by Crippen LogP contribution is 2.23. The van der Waals surface area contributed by atoms with E-state index in [1.54, 1.807) is 11.0 Å². The minimum absolute atomic E-state index is 0.0921. The average molecular weight is 370 g/mol. The average Bonchev–Trinajstić information content (AvgIpc) is 3.12. The number of hydrogen-bond acceptors (Lipinski definition) is 5. The minimum Gasteiger partial charge on any atom is -0.369 e. The van der Waals surface area contributed by atoms with Crippen LogP contribution in [-0.2, 0) is 11.3 Å². The van der Waals surface area contributed by atoms with Crippen molar-refractivity contribution in [1.82, 2.24) is 19.7 Å². The van der Waals surface area contributed by atoms with Crippen molar-refractivity contribution in [1.29, 1.82) is 0 Å². The summed E-state index contributed by atoms with van der Waals surface area (Å²) in [6.07, 6.45) is 1.53. The lowest BCUT2D eigenvalue weighted by Crippen LogP contribution is -2.44. The number of likely N-dealkylation sites (tertiary alicyclic amines) is 1. The van der Waals surface area contributed by atoms with Gasteiger partial charge in [-0.05, 0) is 31.9 Å². The Morgan fingerprint density at radius 3 is 2.74 bits per heavy atom. The molecule has 0 aliphatic carbocycles. The highest BCUT2D eigenvalue weighted by Gasteiger charge is 2.27. The minimum atomic E-state index is -0.341. The van der Waals surface area contributed by atoms with Gasteiger partial charge in [0.15, 0.2) is 5.82 Å². The number of anilines is 1. The molecule has 27 heavy (non-hydrogen) atoms. The molecule has 1 aliphatic heterocycles. The third-order valence-electron chi connectivity index (χ3n) is 4.83. The quantitative estimate of drug-likeness (QED) is 0.857. The maximum Gasteiger partial charge on any atom is 0.253 e. The number of benzene rings is 1. The van der Waals surface area contributed by atoms with Gasteiger partial charge in [-0.3, -0.25) is 9.59 Å². The van der Waals surface area contributed by atoms with Crippen LogP contribution in [0.4, 0.5) is 5.95 Å². The van der Waals surface area contributed by atoms with Crippen molar-refractivity contribution in [3.05, 3.63) is 29.8 Å². The normalized spacial score (nSPS) is 17.0. The maximum absolute atomic E-state index is 12.9. The molecule has 2 heterocycles. The van der Waals surface area contributed by atoms with Gasteiger partial charge in [0.05, 0.1) is 5.92 Å². The van der Waals surface area contributed by atoms with Crippen LogP contribution in [-0.4, -0.2) is 58.7 Å². The van der Waals surface area contributed by atoms with Crippen molar-refractivity contribution < 1.29 is 9.59 Å². The lowest BCUT2D eigenvalue weighted by Gasteiger charge is -2.31. The maximum atomic E-state index is 12.9. The molecule has 1 saturated heterocycles. The van der Waals surface area contributed by atoms with Crippen molar-refractivity contribution in [3.63, 3.8) is 0 Å². The summed E-state index contributed by atoms with van der Waals surface area (Å²) in [6.45, 7) is 3.74. The van der Waals surface area contributed by atoms with Crippen LogP contribution in [0.25, 0.3) is 11.4 Å². The zero-order valence-electron chi connectivity index (χ0n) is 16.1. The second kappa shape index (κ2) is 7.77. The summed E-state index contributed by atoms with van der Waals surface area (Å²) in [5, 5.41) is 4.55. The molecule has 1 aromatic heterocycles. The summed E-state index contributed by atoms with van der Waals surface area (Å²) < 4.78 is 1.83. The van der Waals surface area contributed by atoms with E-state index < -0.39 is 0 Å². The Balaban J connectivity index is 1.85. The van der Waals surface area contributed by atoms with E-state index in [0.717, 1.165) is 24.4 Å². The van der Waals surface area contributed by atoms with Gasteiger partial charge >= 0.3 is 0 Å². The topological polar surface area (TPSA) is 97.3 Å². The Morgan fingerprint density at radius 1 is 1.33 bits per heavy atom. The molecular formula is C19H26N6O2. The van der Waals surface area contributed by atoms with Crippen LogP contribution >= 0.6 is 0 Å². The number of amides is 2. The number of primary amides is 1. The van der Waals surface area contributed by atoms with Gasteiger partial charge in [-0.15, -0.1) is 5.10 Å². The van der Waals surface area contributed by atoms with Crippen molar-refractivity contribution in [2.24, 2.45) is 11.7 Å². The molecule has 3 rings (SSSR count). The molecule has 0 spiro atoms. The Morgan fingerprint density at radius 2 is 2.11 bits per heavy atom. The molecule has 0 saturated carbocycles. The molecule has 2 N–H and O–H groups in total. The zero-order valence-corrected chi connectivity index (χ0v) is 16.1. The first-order valence-electron chi connectivity index (χ1n) is 9.22. The van der Waals surface area contributed by atoms with Crippen LogP contribution in [0, 0.1) is 5.92 Å². The fourth-order valence-corrected chi connectivity index (χ4v) is 3.37. The smallest absolute Gasteiger partial charge is 0.253 e. The van der Waals surface area contributed by atoms with E-state index in [0.29, 0.717) is 31.0 Å². The van der Waals surface area contributed by atoms with Crippen molar-refractivity contribution in [2.75, 3.05) is 32.1 Å². The zero-order chi connectivity index (χ0) is 19.6. The Hall–Kier alpha value is -2.90. The molecule has 0 unspecified atom stereocenters. The van der Waals surface area contributed by atoms with Gasteiger partial charge in [0.2, 0.25) is 11.9 Å². The Kier molecular flexibility index (Phi) is 5.43. The number of aryl methyl sites for hydroxylation is 1. The third-order valence-corrected chi connectivity index (χ3v) is 4.83.